The molecule has 0 aliphatic carbocycles. The summed E-state index contributed by atoms with van der Waals surface area (Å²) in [5.41, 5.74) is -1.52. The van der Waals surface area contributed by atoms with Crippen molar-refractivity contribution in [2.45, 2.75) is 56.3 Å². The molecule has 248 valence electrons. The van der Waals surface area contributed by atoms with Gasteiger partial charge in [-0.3, -0.25) is 14.8 Å². The van der Waals surface area contributed by atoms with E-state index >= 15 is 8.78 Å². The molecular formula is C31H35F4N5O5S. The molecule has 3 aliphatic heterocycles. The lowest BCUT2D eigenvalue weighted by molar-refractivity contribution is -0.163. The second-order valence-corrected chi connectivity index (χ2v) is 12.6. The summed E-state index contributed by atoms with van der Waals surface area (Å²) in [6.07, 6.45) is 3.16. The van der Waals surface area contributed by atoms with Crippen molar-refractivity contribution in [3.8, 4) is 0 Å². The molecule has 3 aliphatic rings. The first-order valence-corrected chi connectivity index (χ1v) is 15.5. The number of likely N-dealkylation sites (tertiary alicyclic amines) is 2. The summed E-state index contributed by atoms with van der Waals surface area (Å²) in [6, 6.07) is -0.701. The Hall–Kier alpha value is -3.66. The molecular weight excluding hydrogens is 630 g/mol. The van der Waals surface area contributed by atoms with Gasteiger partial charge < -0.3 is 19.9 Å². The quantitative estimate of drug-likeness (QED) is 0.211. The van der Waals surface area contributed by atoms with Gasteiger partial charge in [0.05, 0.1) is 25.3 Å². The number of carbonyl (C=O) groups is 2. The zero-order chi connectivity index (χ0) is 33.4. The SMILES string of the molecule is C=CCOC(=O)[C@](C)(O)CCN1CC[C@H]2[C@@H]1C(F)(F)CN2CC1=C(C(=O)OC)[C@H](c2ccc(F)c(F)c2C)N=C(c2nccs2)N1. The molecule has 4 heterocycles. The number of hydrogen-bond acceptors (Lipinski definition) is 11. The summed E-state index contributed by atoms with van der Waals surface area (Å²) >= 11 is 1.25. The molecule has 0 bridgehead atoms. The second-order valence-electron chi connectivity index (χ2n) is 11.7. The number of aliphatic hydroxyl groups is 1. The number of halogens is 4. The second kappa shape index (κ2) is 13.2. The fraction of sp³-hybridized carbons (Fsp3) is 0.484. The highest BCUT2D eigenvalue weighted by Crippen LogP contribution is 2.43. The number of nitrogens with one attached hydrogen (secondary N) is 1. The molecule has 2 saturated heterocycles. The van der Waals surface area contributed by atoms with Gasteiger partial charge in [-0.15, -0.1) is 11.3 Å². The Morgan fingerprint density at radius 2 is 2.07 bits per heavy atom. The smallest absolute Gasteiger partial charge is 0.338 e. The Kier molecular flexibility index (Phi) is 9.68. The number of nitrogens with zero attached hydrogens (tertiary/aromatic N) is 4. The number of hydrogen-bond donors (Lipinski definition) is 2. The Morgan fingerprint density at radius 1 is 1.30 bits per heavy atom. The van der Waals surface area contributed by atoms with Crippen LogP contribution in [0, 0.1) is 18.6 Å². The fourth-order valence-electron chi connectivity index (χ4n) is 6.34. The lowest BCUT2D eigenvalue weighted by Gasteiger charge is -2.31. The van der Waals surface area contributed by atoms with E-state index in [4.69, 9.17) is 9.47 Å². The van der Waals surface area contributed by atoms with Gasteiger partial charge in [-0.1, -0.05) is 18.7 Å². The van der Waals surface area contributed by atoms with Crippen LogP contribution in [0.1, 0.15) is 41.9 Å². The van der Waals surface area contributed by atoms with Crippen LogP contribution in [0.25, 0.3) is 0 Å². The van der Waals surface area contributed by atoms with Crippen molar-refractivity contribution < 1.29 is 41.7 Å². The lowest BCUT2D eigenvalue weighted by Crippen LogP contribution is -2.48. The van der Waals surface area contributed by atoms with E-state index in [0.29, 0.717) is 11.4 Å². The van der Waals surface area contributed by atoms with Crippen molar-refractivity contribution in [2.24, 2.45) is 4.99 Å². The number of aromatic nitrogens is 1. The zero-order valence-corrected chi connectivity index (χ0v) is 26.4. The molecule has 4 atom stereocenters. The number of aliphatic imine (C=N–C) groups is 1. The van der Waals surface area contributed by atoms with Gasteiger partial charge in [-0.2, -0.15) is 0 Å². The third kappa shape index (κ3) is 6.46. The molecule has 10 nitrogen and oxygen atoms in total. The van der Waals surface area contributed by atoms with Gasteiger partial charge >= 0.3 is 11.9 Å². The summed E-state index contributed by atoms with van der Waals surface area (Å²) in [5, 5.41) is 15.9. The van der Waals surface area contributed by atoms with Gasteiger partial charge in [0, 0.05) is 43.0 Å². The van der Waals surface area contributed by atoms with E-state index in [0.717, 1.165) is 6.07 Å². The highest BCUT2D eigenvalue weighted by molar-refractivity contribution is 7.11. The summed E-state index contributed by atoms with van der Waals surface area (Å²) in [4.78, 5) is 37.6. The van der Waals surface area contributed by atoms with Gasteiger partial charge in [0.25, 0.3) is 5.92 Å². The number of rotatable bonds is 11. The maximum Gasteiger partial charge on any atom is 0.338 e. The van der Waals surface area contributed by atoms with Crippen LogP contribution in [0.2, 0.25) is 0 Å². The van der Waals surface area contributed by atoms with Gasteiger partial charge in [-0.25, -0.2) is 32.1 Å². The average molecular weight is 666 g/mol. The highest BCUT2D eigenvalue weighted by atomic mass is 32.1. The predicted octanol–water partition coefficient (Wildman–Crippen LogP) is 3.51. The van der Waals surface area contributed by atoms with Gasteiger partial charge in [0.15, 0.2) is 28.1 Å². The maximum absolute atomic E-state index is 15.7. The van der Waals surface area contributed by atoms with Crippen LogP contribution < -0.4 is 5.32 Å². The Labute approximate surface area is 267 Å². The number of fused-ring (bicyclic) bond motifs is 1. The van der Waals surface area contributed by atoms with E-state index in [1.807, 2.05) is 0 Å². The fourth-order valence-corrected chi connectivity index (χ4v) is 6.93. The first-order chi connectivity index (χ1) is 21.8. The monoisotopic (exact) mass is 665 g/mol. The molecule has 2 fully saturated rings. The molecule has 0 radical (unpaired) electrons. The number of thiazole rings is 1. The molecule has 0 spiro atoms. The van der Waals surface area contributed by atoms with Crippen LogP contribution in [0.4, 0.5) is 17.6 Å². The molecule has 0 saturated carbocycles. The molecule has 1 aromatic carbocycles. The first-order valence-electron chi connectivity index (χ1n) is 14.7. The van der Waals surface area contributed by atoms with E-state index in [-0.39, 0.29) is 60.9 Å². The number of amidine groups is 1. The molecule has 2 aromatic rings. The standard InChI is InChI=1S/C31H35F4N5O5S/c1-5-13-45-29(42)30(3,43)9-12-39-11-8-21-25(39)31(34,35)16-40(21)15-20-22(28(41)44-4)24(18-6-7-19(32)23(33)17(18)2)38-26(37-20)27-36-10-14-46-27/h5-7,10,14,21,24-25,43H,1,8-9,11-13,15-16H2,2-4H3,(H,37,38)/t21-,24-,25+,30+/m0/s1. The Morgan fingerprint density at radius 3 is 2.74 bits per heavy atom. The van der Waals surface area contributed by atoms with Crippen LogP contribution in [-0.4, -0.2) is 101 Å². The summed E-state index contributed by atoms with van der Waals surface area (Å²) in [6.45, 7) is 5.59. The third-order valence-corrected chi connectivity index (χ3v) is 9.43. The van der Waals surface area contributed by atoms with Crippen molar-refractivity contribution in [1.29, 1.82) is 0 Å². The summed E-state index contributed by atoms with van der Waals surface area (Å²) in [5.74, 6) is -6.74. The van der Waals surface area contributed by atoms with Gasteiger partial charge in [0.2, 0.25) is 0 Å². The summed E-state index contributed by atoms with van der Waals surface area (Å²) in [7, 11) is 1.17. The number of ether oxygens (including phenoxy) is 2. The van der Waals surface area contributed by atoms with Crippen LogP contribution >= 0.6 is 11.3 Å². The zero-order valence-electron chi connectivity index (χ0n) is 25.6. The first kappa shape index (κ1) is 33.7. The van der Waals surface area contributed by atoms with Crippen LogP contribution in [0.5, 0.6) is 0 Å². The number of esters is 2. The van der Waals surface area contributed by atoms with E-state index in [1.165, 1.54) is 44.4 Å². The van der Waals surface area contributed by atoms with Crippen LogP contribution in [-0.2, 0) is 19.1 Å². The van der Waals surface area contributed by atoms with Crippen LogP contribution in [0.15, 0.2) is 52.6 Å². The minimum atomic E-state index is -3.17. The van der Waals surface area contributed by atoms with Crippen molar-refractivity contribution in [2.75, 3.05) is 39.9 Å². The van der Waals surface area contributed by atoms with E-state index in [2.05, 4.69) is 21.9 Å². The van der Waals surface area contributed by atoms with Crippen molar-refractivity contribution >= 4 is 29.1 Å². The minimum absolute atomic E-state index is 0.0207. The van der Waals surface area contributed by atoms with Gasteiger partial charge in [0.1, 0.15) is 12.6 Å². The predicted molar refractivity (Wildman–Crippen MR) is 161 cm³/mol. The number of benzene rings is 1. The lowest BCUT2D eigenvalue weighted by atomic mass is 9.92. The molecule has 1 aromatic heterocycles. The van der Waals surface area contributed by atoms with E-state index in [1.54, 1.807) is 21.4 Å². The average Bonchev–Trinajstić information content (AvgIpc) is 3.76. The van der Waals surface area contributed by atoms with E-state index in [9.17, 15) is 23.5 Å². The Balaban J connectivity index is 1.45. The Bertz CT molecular complexity index is 1560. The molecule has 5 rings (SSSR count). The van der Waals surface area contributed by atoms with Crippen molar-refractivity contribution in [3.63, 3.8) is 0 Å². The van der Waals surface area contributed by atoms with E-state index < -0.39 is 59.8 Å². The molecule has 15 heteroatoms. The highest BCUT2D eigenvalue weighted by Gasteiger charge is 2.59. The van der Waals surface area contributed by atoms with Crippen molar-refractivity contribution in [3.05, 3.63) is 75.4 Å². The number of methoxy groups -OCH3 is 1. The maximum atomic E-state index is 15.7. The topological polar surface area (TPSA) is 117 Å². The molecule has 0 unspecified atom stereocenters. The van der Waals surface area contributed by atoms with Crippen LogP contribution in [0.3, 0.4) is 0 Å². The number of alkyl halides is 2. The van der Waals surface area contributed by atoms with Gasteiger partial charge in [-0.05, 0) is 43.9 Å². The number of carbonyl (C=O) groups excluding carboxylic acids is 2. The molecule has 2 N–H and O–H groups in total. The summed E-state index contributed by atoms with van der Waals surface area (Å²) < 4.78 is 70.3. The molecule has 0 amide bonds. The third-order valence-electron chi connectivity index (χ3n) is 8.65. The van der Waals surface area contributed by atoms with Crippen molar-refractivity contribution in [1.82, 2.24) is 20.1 Å². The largest absolute Gasteiger partial charge is 0.466 e. The molecule has 46 heavy (non-hydrogen) atoms. The normalized spacial score (nSPS) is 24.2. The minimum Gasteiger partial charge on any atom is -0.466 e.